The third-order valence-electron chi connectivity index (χ3n) is 3.27. The molecule has 1 amide bonds. The summed E-state index contributed by atoms with van der Waals surface area (Å²) in [6.07, 6.45) is 0.454. The van der Waals surface area contributed by atoms with Crippen LogP contribution in [0, 0.1) is 5.92 Å². The van der Waals surface area contributed by atoms with Crippen molar-refractivity contribution in [2.24, 2.45) is 5.92 Å². The van der Waals surface area contributed by atoms with Crippen LogP contribution in [0.1, 0.15) is 24.9 Å². The second kappa shape index (κ2) is 5.30. The van der Waals surface area contributed by atoms with Gasteiger partial charge in [-0.15, -0.1) is 0 Å². The molecule has 19 heavy (non-hydrogen) atoms. The van der Waals surface area contributed by atoms with Crippen molar-refractivity contribution in [3.63, 3.8) is 0 Å². The fraction of sp³-hybridized carbons (Fsp3) is 0.462. The lowest BCUT2D eigenvalue weighted by Crippen LogP contribution is -2.46. The Hall–Kier alpha value is -1.40. The topological polar surface area (TPSA) is 72.5 Å². The molecule has 1 saturated heterocycles. The Morgan fingerprint density at radius 3 is 2.47 bits per heavy atom. The maximum atomic E-state index is 11.7. The third-order valence-corrected chi connectivity index (χ3v) is 3.87. The number of hydrogen-bond donors (Lipinski definition) is 1. The maximum absolute atomic E-state index is 11.7. The van der Waals surface area contributed by atoms with Crippen molar-refractivity contribution >= 4 is 16.0 Å². The van der Waals surface area contributed by atoms with E-state index in [9.17, 15) is 13.2 Å². The first-order chi connectivity index (χ1) is 8.87. The number of rotatable bonds is 3. The molecule has 1 aromatic rings. The summed E-state index contributed by atoms with van der Waals surface area (Å²) in [6.45, 7) is 1.88. The zero-order chi connectivity index (χ0) is 14.0. The van der Waals surface area contributed by atoms with E-state index < -0.39 is 16.2 Å². The van der Waals surface area contributed by atoms with Gasteiger partial charge in [-0.3, -0.25) is 8.98 Å². The molecular formula is C13H17NO4S. The van der Waals surface area contributed by atoms with E-state index in [2.05, 4.69) is 5.32 Å². The zero-order valence-electron chi connectivity index (χ0n) is 10.9. The molecule has 0 aliphatic carbocycles. The summed E-state index contributed by atoms with van der Waals surface area (Å²) in [6, 6.07) is 9.25. The summed E-state index contributed by atoms with van der Waals surface area (Å²) in [4.78, 5) is 11.7. The average molecular weight is 283 g/mol. The van der Waals surface area contributed by atoms with Crippen LogP contribution >= 0.6 is 0 Å². The summed E-state index contributed by atoms with van der Waals surface area (Å²) in [5.74, 6) is -0.310. The predicted octanol–water partition coefficient (Wildman–Crippen LogP) is 1.23. The molecule has 1 fully saturated rings. The Morgan fingerprint density at radius 2 is 1.89 bits per heavy atom. The molecule has 1 N–H and O–H groups in total. The van der Waals surface area contributed by atoms with Crippen molar-refractivity contribution in [3.8, 4) is 0 Å². The first-order valence-electron chi connectivity index (χ1n) is 6.09. The third kappa shape index (κ3) is 3.54. The van der Waals surface area contributed by atoms with Gasteiger partial charge >= 0.3 is 0 Å². The molecule has 0 unspecified atom stereocenters. The number of benzene rings is 1. The molecule has 0 radical (unpaired) electrons. The van der Waals surface area contributed by atoms with Crippen LogP contribution in [0.25, 0.3) is 0 Å². The van der Waals surface area contributed by atoms with Gasteiger partial charge in [0.1, 0.15) is 0 Å². The molecule has 0 spiro atoms. The maximum Gasteiger partial charge on any atom is 0.264 e. The highest BCUT2D eigenvalue weighted by atomic mass is 32.2. The first-order valence-corrected chi connectivity index (χ1v) is 7.91. The van der Waals surface area contributed by atoms with Crippen LogP contribution in [0.5, 0.6) is 0 Å². The Balaban J connectivity index is 2.24. The average Bonchev–Trinajstić information content (AvgIpc) is 2.32. The van der Waals surface area contributed by atoms with Crippen LogP contribution in [0.4, 0.5) is 0 Å². The summed E-state index contributed by atoms with van der Waals surface area (Å²) < 4.78 is 27.5. The predicted molar refractivity (Wildman–Crippen MR) is 70.8 cm³/mol. The number of hydrogen-bond acceptors (Lipinski definition) is 4. The lowest BCUT2D eigenvalue weighted by Gasteiger charge is -2.35. The van der Waals surface area contributed by atoms with E-state index in [1.54, 1.807) is 0 Å². The van der Waals surface area contributed by atoms with Crippen LogP contribution in [0.2, 0.25) is 0 Å². The van der Waals surface area contributed by atoms with E-state index in [-0.39, 0.29) is 24.3 Å². The van der Waals surface area contributed by atoms with Crippen LogP contribution < -0.4 is 5.32 Å². The summed E-state index contributed by atoms with van der Waals surface area (Å²) in [7, 11) is -3.57. The number of carbonyl (C=O) groups is 1. The van der Waals surface area contributed by atoms with Crippen LogP contribution in [0.3, 0.4) is 0 Å². The van der Waals surface area contributed by atoms with Crippen molar-refractivity contribution in [2.45, 2.75) is 25.5 Å². The first kappa shape index (κ1) is 14.0. The quantitative estimate of drug-likeness (QED) is 0.847. The Kier molecular flexibility index (Phi) is 3.91. The summed E-state index contributed by atoms with van der Waals surface area (Å²) in [5.41, 5.74) is 0.949. The summed E-state index contributed by atoms with van der Waals surface area (Å²) in [5, 5.41) is 2.88. The van der Waals surface area contributed by atoms with Crippen molar-refractivity contribution < 1.29 is 17.4 Å². The molecule has 3 atom stereocenters. The van der Waals surface area contributed by atoms with Crippen molar-refractivity contribution in [3.05, 3.63) is 35.9 Å². The molecule has 104 valence electrons. The minimum Gasteiger partial charge on any atom is -0.349 e. The van der Waals surface area contributed by atoms with Gasteiger partial charge in [-0.2, -0.15) is 8.42 Å². The molecule has 6 heteroatoms. The highest BCUT2D eigenvalue weighted by molar-refractivity contribution is 7.86. The van der Waals surface area contributed by atoms with E-state index in [4.69, 9.17) is 4.18 Å². The smallest absolute Gasteiger partial charge is 0.264 e. The highest BCUT2D eigenvalue weighted by Crippen LogP contribution is 2.31. The molecule has 1 aliphatic rings. The minimum atomic E-state index is -3.57. The lowest BCUT2D eigenvalue weighted by atomic mass is 9.85. The van der Waals surface area contributed by atoms with E-state index in [0.29, 0.717) is 0 Å². The monoisotopic (exact) mass is 283 g/mol. The molecule has 2 rings (SSSR count). The van der Waals surface area contributed by atoms with Gasteiger partial charge < -0.3 is 5.32 Å². The molecule has 1 aliphatic heterocycles. The fourth-order valence-electron chi connectivity index (χ4n) is 2.34. The van der Waals surface area contributed by atoms with E-state index in [1.807, 2.05) is 37.3 Å². The van der Waals surface area contributed by atoms with Gasteiger partial charge in [-0.05, 0) is 5.56 Å². The highest BCUT2D eigenvalue weighted by Gasteiger charge is 2.37. The standard InChI is InChI=1S/C13H17NO4S/c1-9-11(18-19(2,16)17)8-12(15)14-13(9)10-6-4-3-5-7-10/h3-7,9,11,13H,8H2,1-2H3,(H,14,15)/t9-,11+,13-/m0/s1. The Morgan fingerprint density at radius 1 is 1.26 bits per heavy atom. The molecule has 0 bridgehead atoms. The van der Waals surface area contributed by atoms with Gasteiger partial charge in [0.15, 0.2) is 0 Å². The molecular weight excluding hydrogens is 266 g/mol. The van der Waals surface area contributed by atoms with Gasteiger partial charge in [-0.1, -0.05) is 37.3 Å². The second-order valence-corrected chi connectivity index (χ2v) is 6.46. The fourth-order valence-corrected chi connectivity index (χ4v) is 3.03. The Bertz CT molecular complexity index is 555. The minimum absolute atomic E-state index is 0.0670. The molecule has 5 nitrogen and oxygen atoms in total. The number of amides is 1. The van der Waals surface area contributed by atoms with Crippen molar-refractivity contribution in [1.29, 1.82) is 0 Å². The largest absolute Gasteiger partial charge is 0.349 e. The van der Waals surface area contributed by atoms with E-state index >= 15 is 0 Å². The SMILES string of the molecule is C[C@@H]1[C@@H](c2ccccc2)NC(=O)C[C@H]1OS(C)(=O)=O. The number of nitrogens with one attached hydrogen (secondary N) is 1. The molecule has 1 aromatic carbocycles. The van der Waals surface area contributed by atoms with Crippen LogP contribution in [-0.4, -0.2) is 26.7 Å². The molecule has 0 aromatic heterocycles. The van der Waals surface area contributed by atoms with Gasteiger partial charge in [0.25, 0.3) is 10.1 Å². The van der Waals surface area contributed by atoms with Gasteiger partial charge in [0.05, 0.1) is 24.8 Å². The van der Waals surface area contributed by atoms with E-state index in [1.165, 1.54) is 0 Å². The van der Waals surface area contributed by atoms with Crippen molar-refractivity contribution in [1.82, 2.24) is 5.32 Å². The summed E-state index contributed by atoms with van der Waals surface area (Å²) >= 11 is 0. The normalized spacial score (nSPS) is 27.9. The van der Waals surface area contributed by atoms with Crippen LogP contribution in [-0.2, 0) is 19.1 Å². The van der Waals surface area contributed by atoms with Crippen LogP contribution in [0.15, 0.2) is 30.3 Å². The second-order valence-electron chi connectivity index (χ2n) is 4.86. The molecule has 0 saturated carbocycles. The number of piperidine rings is 1. The molecule has 1 heterocycles. The lowest BCUT2D eigenvalue weighted by molar-refractivity contribution is -0.127. The van der Waals surface area contributed by atoms with E-state index in [0.717, 1.165) is 11.8 Å². The number of carbonyl (C=O) groups excluding carboxylic acids is 1. The van der Waals surface area contributed by atoms with Gasteiger partial charge in [-0.25, -0.2) is 0 Å². The zero-order valence-corrected chi connectivity index (χ0v) is 11.7. The van der Waals surface area contributed by atoms with Crippen molar-refractivity contribution in [2.75, 3.05) is 6.26 Å². The Labute approximate surface area is 113 Å². The van der Waals surface area contributed by atoms with Gasteiger partial charge in [0.2, 0.25) is 5.91 Å². The van der Waals surface area contributed by atoms with Gasteiger partial charge in [0, 0.05) is 5.92 Å².